The Balaban J connectivity index is 2.65. The molecule has 0 heterocycles. The molecule has 0 radical (unpaired) electrons. The standard InChI is InChI=1S/C8H10ClN2S/c9-7-3-1-6(2-4-7)5-12-8(10)11/h1-4H,5,10-11H2/q+1. The lowest BCUT2D eigenvalue weighted by molar-refractivity contribution is 1.42. The minimum Gasteiger partial charge on any atom is -0.243 e. The third-order valence-corrected chi connectivity index (χ3v) is 2.38. The molecule has 2 nitrogen and oxygen atoms in total. The fourth-order valence-electron chi connectivity index (χ4n) is 0.747. The fraction of sp³-hybridized carbons (Fsp3) is 0.125. The summed E-state index contributed by atoms with van der Waals surface area (Å²) in [4.78, 5) is 0. The van der Waals surface area contributed by atoms with Gasteiger partial charge in [-0.3, -0.25) is 0 Å². The molecule has 0 unspecified atom stereocenters. The van der Waals surface area contributed by atoms with Gasteiger partial charge in [0.15, 0.2) is 0 Å². The highest BCUT2D eigenvalue weighted by Gasteiger charge is 2.01. The number of nitrogens with two attached hydrogens (primary N) is 2. The molecule has 0 aliphatic heterocycles. The highest BCUT2D eigenvalue weighted by Crippen LogP contribution is 2.09. The van der Waals surface area contributed by atoms with Crippen molar-refractivity contribution in [2.24, 2.45) is 11.5 Å². The van der Waals surface area contributed by atoms with Crippen molar-refractivity contribution in [2.45, 2.75) is 5.75 Å². The van der Waals surface area contributed by atoms with E-state index in [9.17, 15) is 0 Å². The summed E-state index contributed by atoms with van der Waals surface area (Å²) in [6.07, 6.45) is 0. The van der Waals surface area contributed by atoms with Crippen molar-refractivity contribution < 1.29 is 0 Å². The van der Waals surface area contributed by atoms with Crippen LogP contribution in [-0.4, -0.2) is 5.11 Å². The lowest BCUT2D eigenvalue weighted by Crippen LogP contribution is -2.23. The van der Waals surface area contributed by atoms with Crippen molar-refractivity contribution in [2.75, 3.05) is 0 Å². The molecular weight excluding hydrogens is 192 g/mol. The molecule has 0 amide bonds. The van der Waals surface area contributed by atoms with Crippen LogP contribution in [0.2, 0.25) is 5.02 Å². The minimum atomic E-state index is 0.393. The maximum atomic E-state index is 5.71. The summed E-state index contributed by atoms with van der Waals surface area (Å²) in [5.74, 6) is 0.791. The Labute approximate surface area is 80.5 Å². The molecule has 0 aliphatic carbocycles. The Morgan fingerprint density at radius 3 is 2.33 bits per heavy atom. The molecule has 4 heteroatoms. The highest BCUT2D eigenvalue weighted by molar-refractivity contribution is 7.77. The van der Waals surface area contributed by atoms with Crippen molar-refractivity contribution in [3.05, 3.63) is 34.9 Å². The molecule has 0 saturated carbocycles. The third kappa shape index (κ3) is 3.28. The number of halogens is 1. The van der Waals surface area contributed by atoms with Gasteiger partial charge in [-0.15, -0.1) is 0 Å². The van der Waals surface area contributed by atoms with Gasteiger partial charge in [0.1, 0.15) is 0 Å². The SMILES string of the molecule is NC(N)=[S+]Cc1ccc(Cl)cc1. The van der Waals surface area contributed by atoms with Gasteiger partial charge in [-0.25, -0.2) is 11.5 Å². The first-order valence-electron chi connectivity index (χ1n) is 3.43. The molecule has 4 N–H and O–H groups in total. The van der Waals surface area contributed by atoms with E-state index in [1.165, 1.54) is 11.4 Å². The topological polar surface area (TPSA) is 52.0 Å². The Kier molecular flexibility index (Phi) is 3.62. The average molecular weight is 202 g/mol. The van der Waals surface area contributed by atoms with Crippen molar-refractivity contribution in [1.82, 2.24) is 0 Å². The molecule has 1 aromatic carbocycles. The van der Waals surface area contributed by atoms with Gasteiger partial charge >= 0.3 is 5.11 Å². The Bertz CT molecular complexity index is 278. The molecule has 0 saturated heterocycles. The van der Waals surface area contributed by atoms with Gasteiger partial charge in [-0.05, 0) is 12.1 Å². The lowest BCUT2D eigenvalue weighted by atomic mass is 10.2. The van der Waals surface area contributed by atoms with Crippen LogP contribution in [-0.2, 0) is 17.1 Å². The van der Waals surface area contributed by atoms with Gasteiger partial charge in [0.25, 0.3) is 0 Å². The summed E-state index contributed by atoms with van der Waals surface area (Å²) >= 11 is 7.13. The highest BCUT2D eigenvalue weighted by atomic mass is 35.5. The molecule has 0 aliphatic rings. The van der Waals surface area contributed by atoms with Crippen LogP contribution in [0.3, 0.4) is 0 Å². The molecular formula is C8H10ClN2S+. The van der Waals surface area contributed by atoms with E-state index in [-0.39, 0.29) is 0 Å². The van der Waals surface area contributed by atoms with E-state index >= 15 is 0 Å². The Morgan fingerprint density at radius 1 is 1.25 bits per heavy atom. The summed E-state index contributed by atoms with van der Waals surface area (Å²) in [6, 6.07) is 7.62. The summed E-state index contributed by atoms with van der Waals surface area (Å²) < 4.78 is 0. The van der Waals surface area contributed by atoms with Gasteiger partial charge < -0.3 is 0 Å². The van der Waals surface area contributed by atoms with E-state index < -0.39 is 0 Å². The molecule has 12 heavy (non-hydrogen) atoms. The maximum absolute atomic E-state index is 5.71. The smallest absolute Gasteiger partial charge is 0.243 e. The molecule has 64 valence electrons. The van der Waals surface area contributed by atoms with E-state index in [0.717, 1.165) is 16.3 Å². The van der Waals surface area contributed by atoms with Crippen molar-refractivity contribution in [3.8, 4) is 0 Å². The first kappa shape index (κ1) is 9.61. The van der Waals surface area contributed by atoms with E-state index in [4.69, 9.17) is 23.1 Å². The summed E-state index contributed by atoms with van der Waals surface area (Å²) in [5, 5.41) is 1.14. The van der Waals surface area contributed by atoms with Crippen molar-refractivity contribution in [1.29, 1.82) is 0 Å². The monoisotopic (exact) mass is 201 g/mol. The maximum Gasteiger partial charge on any atom is 0.315 e. The minimum absolute atomic E-state index is 0.393. The molecule has 1 rings (SSSR count). The second kappa shape index (κ2) is 4.52. The summed E-state index contributed by atoms with van der Waals surface area (Å²) in [5.41, 5.74) is 11.8. The molecule has 0 spiro atoms. The van der Waals surface area contributed by atoms with E-state index in [1.807, 2.05) is 24.3 Å². The van der Waals surface area contributed by atoms with Gasteiger partial charge in [0.2, 0.25) is 17.1 Å². The van der Waals surface area contributed by atoms with E-state index in [0.29, 0.717) is 5.11 Å². The van der Waals surface area contributed by atoms with Gasteiger partial charge in [-0.2, -0.15) is 0 Å². The zero-order valence-electron chi connectivity index (χ0n) is 6.46. The quantitative estimate of drug-likeness (QED) is 0.553. The number of rotatable bonds is 2. The number of benzene rings is 1. The fourth-order valence-corrected chi connectivity index (χ4v) is 1.40. The molecule has 0 fully saturated rings. The van der Waals surface area contributed by atoms with Crippen LogP contribution in [0.1, 0.15) is 5.56 Å². The zero-order chi connectivity index (χ0) is 8.97. The average Bonchev–Trinajstić information content (AvgIpc) is 2.03. The van der Waals surface area contributed by atoms with Gasteiger partial charge in [0, 0.05) is 10.6 Å². The predicted molar refractivity (Wildman–Crippen MR) is 55.9 cm³/mol. The van der Waals surface area contributed by atoms with Crippen LogP contribution < -0.4 is 11.5 Å². The Hall–Kier alpha value is -0.480. The summed E-state index contributed by atoms with van der Waals surface area (Å²) in [6.45, 7) is 0. The van der Waals surface area contributed by atoms with Crippen molar-refractivity contribution >= 4 is 28.1 Å². The second-order valence-corrected chi connectivity index (χ2v) is 3.80. The van der Waals surface area contributed by atoms with Crippen LogP contribution in [0.5, 0.6) is 0 Å². The summed E-state index contributed by atoms with van der Waals surface area (Å²) in [7, 11) is 0. The largest absolute Gasteiger partial charge is 0.315 e. The molecule has 0 atom stereocenters. The second-order valence-electron chi connectivity index (χ2n) is 2.32. The lowest BCUT2D eigenvalue weighted by Gasteiger charge is -1.89. The van der Waals surface area contributed by atoms with Crippen LogP contribution >= 0.6 is 11.6 Å². The number of hydrogen-bond acceptors (Lipinski definition) is 0. The molecule has 1 aromatic rings. The van der Waals surface area contributed by atoms with Crippen LogP contribution in [0, 0.1) is 0 Å². The van der Waals surface area contributed by atoms with E-state index in [2.05, 4.69) is 0 Å². The van der Waals surface area contributed by atoms with Crippen molar-refractivity contribution in [3.63, 3.8) is 0 Å². The van der Waals surface area contributed by atoms with Crippen LogP contribution in [0.4, 0.5) is 0 Å². The molecule has 0 bridgehead atoms. The van der Waals surface area contributed by atoms with Crippen LogP contribution in [0.25, 0.3) is 0 Å². The first-order chi connectivity index (χ1) is 5.68. The Morgan fingerprint density at radius 2 is 1.83 bits per heavy atom. The third-order valence-electron chi connectivity index (χ3n) is 1.32. The van der Waals surface area contributed by atoms with Gasteiger partial charge in [-0.1, -0.05) is 23.7 Å². The van der Waals surface area contributed by atoms with Gasteiger partial charge in [0.05, 0.1) is 0 Å². The van der Waals surface area contributed by atoms with E-state index in [1.54, 1.807) is 0 Å². The predicted octanol–water partition coefficient (Wildman–Crippen LogP) is 0.927. The zero-order valence-corrected chi connectivity index (χ0v) is 8.03. The van der Waals surface area contributed by atoms with Crippen LogP contribution in [0.15, 0.2) is 24.3 Å². The first-order valence-corrected chi connectivity index (χ1v) is 4.80. The number of hydrogen-bond donors (Lipinski definition) is 2. The molecule has 0 aromatic heterocycles. The normalized spacial score (nSPS) is 9.58.